The number of fused-ring (bicyclic) bond motifs is 3. The van der Waals surface area contributed by atoms with Crippen molar-refractivity contribution >= 4 is 27.5 Å². The molecule has 1 fully saturated rings. The van der Waals surface area contributed by atoms with Crippen molar-refractivity contribution in [1.82, 2.24) is 9.21 Å². The SMILES string of the molecule is O=C1CN(S(=O)(=O)c2ccccc2)CC2c3cc(Cl)ccc3CCN12. The summed E-state index contributed by atoms with van der Waals surface area (Å²) in [7, 11) is -3.71. The molecule has 0 aliphatic carbocycles. The first kappa shape index (κ1) is 16.6. The zero-order chi connectivity index (χ0) is 17.6. The molecule has 2 heterocycles. The van der Waals surface area contributed by atoms with Crippen LogP contribution in [0, 0.1) is 0 Å². The summed E-state index contributed by atoms with van der Waals surface area (Å²) in [6.07, 6.45) is 0.764. The molecular formula is C18H17ClN2O3S. The lowest BCUT2D eigenvalue weighted by Crippen LogP contribution is -2.55. The van der Waals surface area contributed by atoms with Gasteiger partial charge in [-0.15, -0.1) is 0 Å². The first-order valence-corrected chi connectivity index (χ1v) is 9.91. The van der Waals surface area contributed by atoms with E-state index in [1.165, 1.54) is 4.31 Å². The lowest BCUT2D eigenvalue weighted by Gasteiger charge is -2.44. The molecule has 7 heteroatoms. The van der Waals surface area contributed by atoms with Crippen LogP contribution in [0.2, 0.25) is 5.02 Å². The van der Waals surface area contributed by atoms with Crippen molar-refractivity contribution in [3.63, 3.8) is 0 Å². The number of rotatable bonds is 2. The lowest BCUT2D eigenvalue weighted by atomic mass is 9.91. The maximum Gasteiger partial charge on any atom is 0.243 e. The van der Waals surface area contributed by atoms with E-state index < -0.39 is 10.0 Å². The molecule has 0 aromatic heterocycles. The summed E-state index contributed by atoms with van der Waals surface area (Å²) in [5, 5.41) is 0.594. The zero-order valence-corrected chi connectivity index (χ0v) is 15.0. The molecule has 130 valence electrons. The average molecular weight is 377 g/mol. The number of carbonyl (C=O) groups excluding carboxylic acids is 1. The largest absolute Gasteiger partial charge is 0.333 e. The monoisotopic (exact) mass is 376 g/mol. The van der Waals surface area contributed by atoms with E-state index in [2.05, 4.69) is 0 Å². The van der Waals surface area contributed by atoms with Crippen LogP contribution in [0.15, 0.2) is 53.4 Å². The Labute approximate surface area is 151 Å². The fourth-order valence-electron chi connectivity index (χ4n) is 3.59. The van der Waals surface area contributed by atoms with Crippen molar-refractivity contribution in [3.8, 4) is 0 Å². The summed E-state index contributed by atoms with van der Waals surface area (Å²) < 4.78 is 27.1. The molecule has 2 aromatic rings. The van der Waals surface area contributed by atoms with Gasteiger partial charge in [0, 0.05) is 18.1 Å². The standard InChI is InChI=1S/C18H17ClN2O3S/c19-14-7-6-13-8-9-21-17(16(13)10-14)11-20(12-18(21)22)25(23,24)15-4-2-1-3-5-15/h1-7,10,17H,8-9,11-12H2. The Kier molecular flexibility index (Phi) is 4.06. The third-order valence-corrected chi connectivity index (χ3v) is 6.92. The Bertz CT molecular complexity index is 931. The van der Waals surface area contributed by atoms with Crippen LogP contribution in [0.25, 0.3) is 0 Å². The summed E-state index contributed by atoms with van der Waals surface area (Å²) in [6.45, 7) is 0.733. The molecule has 0 spiro atoms. The van der Waals surface area contributed by atoms with Crippen LogP contribution in [0.5, 0.6) is 0 Å². The van der Waals surface area contributed by atoms with Crippen LogP contribution in [-0.2, 0) is 21.2 Å². The number of amides is 1. The van der Waals surface area contributed by atoms with Crippen LogP contribution < -0.4 is 0 Å². The molecule has 0 saturated carbocycles. The first-order chi connectivity index (χ1) is 12.0. The van der Waals surface area contributed by atoms with E-state index in [0.29, 0.717) is 11.6 Å². The normalized spacial score (nSPS) is 20.9. The molecule has 1 saturated heterocycles. The van der Waals surface area contributed by atoms with Gasteiger partial charge in [0.25, 0.3) is 0 Å². The average Bonchev–Trinajstić information content (AvgIpc) is 2.62. The summed E-state index contributed by atoms with van der Waals surface area (Å²) in [5.74, 6) is -0.165. The van der Waals surface area contributed by atoms with Gasteiger partial charge >= 0.3 is 0 Å². The van der Waals surface area contributed by atoms with Crippen molar-refractivity contribution in [2.75, 3.05) is 19.6 Å². The molecule has 2 aromatic carbocycles. The Hall–Kier alpha value is -1.89. The molecule has 4 rings (SSSR count). The zero-order valence-electron chi connectivity index (χ0n) is 13.4. The van der Waals surface area contributed by atoms with Gasteiger partial charge in [0.15, 0.2) is 0 Å². The number of hydrogen-bond donors (Lipinski definition) is 0. The molecular weight excluding hydrogens is 360 g/mol. The Morgan fingerprint density at radius 3 is 2.60 bits per heavy atom. The second kappa shape index (κ2) is 6.12. The number of carbonyl (C=O) groups is 1. The fourth-order valence-corrected chi connectivity index (χ4v) is 5.19. The van der Waals surface area contributed by atoms with Gasteiger partial charge in [0.1, 0.15) is 0 Å². The highest BCUT2D eigenvalue weighted by atomic mass is 35.5. The maximum absolute atomic E-state index is 12.9. The van der Waals surface area contributed by atoms with Crippen molar-refractivity contribution in [2.45, 2.75) is 17.4 Å². The van der Waals surface area contributed by atoms with Crippen molar-refractivity contribution in [2.24, 2.45) is 0 Å². The Balaban J connectivity index is 1.72. The topological polar surface area (TPSA) is 57.7 Å². The van der Waals surface area contributed by atoms with Crippen molar-refractivity contribution < 1.29 is 13.2 Å². The van der Waals surface area contributed by atoms with Gasteiger partial charge in [-0.05, 0) is 41.8 Å². The summed E-state index contributed by atoms with van der Waals surface area (Å²) in [4.78, 5) is 14.6. The van der Waals surface area contributed by atoms with Gasteiger partial charge in [-0.1, -0.05) is 35.9 Å². The van der Waals surface area contributed by atoms with Gasteiger partial charge in [-0.25, -0.2) is 8.42 Å². The number of halogens is 1. The minimum Gasteiger partial charge on any atom is -0.333 e. The summed E-state index contributed by atoms with van der Waals surface area (Å²) in [6, 6.07) is 13.6. The highest BCUT2D eigenvalue weighted by Crippen LogP contribution is 2.36. The van der Waals surface area contributed by atoms with Crippen LogP contribution in [0.4, 0.5) is 0 Å². The summed E-state index contributed by atoms with van der Waals surface area (Å²) >= 11 is 6.13. The van der Waals surface area contributed by atoms with Gasteiger partial charge in [-0.3, -0.25) is 4.79 Å². The van der Waals surface area contributed by atoms with E-state index in [0.717, 1.165) is 17.5 Å². The third kappa shape index (κ3) is 2.84. The fraction of sp³-hybridized carbons (Fsp3) is 0.278. The highest BCUT2D eigenvalue weighted by Gasteiger charge is 2.41. The highest BCUT2D eigenvalue weighted by molar-refractivity contribution is 7.89. The van der Waals surface area contributed by atoms with E-state index >= 15 is 0 Å². The quantitative estimate of drug-likeness (QED) is 0.809. The van der Waals surface area contributed by atoms with Crippen LogP contribution >= 0.6 is 11.6 Å². The van der Waals surface area contributed by atoms with Gasteiger partial charge in [-0.2, -0.15) is 4.31 Å². The minimum absolute atomic E-state index is 0.121. The molecule has 1 unspecified atom stereocenters. The Morgan fingerprint density at radius 1 is 1.08 bits per heavy atom. The molecule has 1 amide bonds. The van der Waals surface area contributed by atoms with Crippen LogP contribution in [0.3, 0.4) is 0 Å². The van der Waals surface area contributed by atoms with E-state index in [-0.39, 0.29) is 29.9 Å². The van der Waals surface area contributed by atoms with Gasteiger partial charge < -0.3 is 4.90 Å². The predicted octanol–water partition coefficient (Wildman–Crippen LogP) is 2.47. The number of sulfonamides is 1. The molecule has 0 N–H and O–H groups in total. The van der Waals surface area contributed by atoms with E-state index in [9.17, 15) is 13.2 Å². The van der Waals surface area contributed by atoms with Crippen LogP contribution in [0.1, 0.15) is 17.2 Å². The second-order valence-electron chi connectivity index (χ2n) is 6.31. The number of hydrogen-bond acceptors (Lipinski definition) is 3. The van der Waals surface area contributed by atoms with E-state index in [1.807, 2.05) is 18.2 Å². The number of nitrogens with zero attached hydrogens (tertiary/aromatic N) is 2. The molecule has 0 bridgehead atoms. The molecule has 0 radical (unpaired) electrons. The third-order valence-electron chi connectivity index (χ3n) is 4.85. The van der Waals surface area contributed by atoms with Crippen LogP contribution in [-0.4, -0.2) is 43.2 Å². The molecule has 25 heavy (non-hydrogen) atoms. The second-order valence-corrected chi connectivity index (χ2v) is 8.68. The molecule has 1 atom stereocenters. The van der Waals surface area contributed by atoms with Gasteiger partial charge in [0.2, 0.25) is 15.9 Å². The molecule has 2 aliphatic heterocycles. The molecule has 2 aliphatic rings. The van der Waals surface area contributed by atoms with E-state index in [4.69, 9.17) is 11.6 Å². The number of benzene rings is 2. The predicted molar refractivity (Wildman–Crippen MR) is 94.8 cm³/mol. The van der Waals surface area contributed by atoms with Crippen molar-refractivity contribution in [3.05, 3.63) is 64.7 Å². The van der Waals surface area contributed by atoms with Gasteiger partial charge in [0.05, 0.1) is 17.5 Å². The minimum atomic E-state index is -3.71. The summed E-state index contributed by atoms with van der Waals surface area (Å²) in [5.41, 5.74) is 2.07. The lowest BCUT2D eigenvalue weighted by molar-refractivity contribution is -0.138. The number of piperazine rings is 1. The Morgan fingerprint density at radius 2 is 1.84 bits per heavy atom. The maximum atomic E-state index is 12.9. The first-order valence-electron chi connectivity index (χ1n) is 8.10. The van der Waals surface area contributed by atoms with Crippen molar-refractivity contribution in [1.29, 1.82) is 0 Å². The van der Waals surface area contributed by atoms with E-state index in [1.54, 1.807) is 35.2 Å². The smallest absolute Gasteiger partial charge is 0.243 e. The molecule has 5 nitrogen and oxygen atoms in total.